The molecule has 4 heteroatoms. The first-order valence-corrected chi connectivity index (χ1v) is 11.5. The lowest BCUT2D eigenvalue weighted by atomic mass is 9.81. The van der Waals surface area contributed by atoms with E-state index in [1.165, 1.54) is 83.5 Å². The molecule has 28 heavy (non-hydrogen) atoms. The number of amides is 1. The summed E-state index contributed by atoms with van der Waals surface area (Å²) >= 11 is 0. The fourth-order valence-electron chi connectivity index (χ4n) is 5.90. The molecular formula is C24H36N2O2. The summed E-state index contributed by atoms with van der Waals surface area (Å²) in [7, 11) is 0. The smallest absolute Gasteiger partial charge is 0.221 e. The molecule has 1 aliphatic heterocycles. The molecule has 2 saturated carbocycles. The van der Waals surface area contributed by atoms with Gasteiger partial charge in [-0.25, -0.2) is 0 Å². The van der Waals surface area contributed by atoms with Crippen LogP contribution in [-0.2, 0) is 4.79 Å². The highest BCUT2D eigenvalue weighted by molar-refractivity contribution is 5.90. The first-order chi connectivity index (χ1) is 13.6. The Morgan fingerprint density at radius 3 is 2.29 bits per heavy atom. The normalized spacial score (nSPS) is 22.8. The van der Waals surface area contributed by atoms with Crippen LogP contribution in [0.1, 0.15) is 94.1 Å². The van der Waals surface area contributed by atoms with Crippen molar-refractivity contribution in [2.24, 2.45) is 5.92 Å². The highest BCUT2D eigenvalue weighted by Crippen LogP contribution is 2.47. The van der Waals surface area contributed by atoms with Crippen LogP contribution < -0.4 is 5.32 Å². The molecule has 3 fully saturated rings. The summed E-state index contributed by atoms with van der Waals surface area (Å²) < 4.78 is 0. The second kappa shape index (κ2) is 8.86. The van der Waals surface area contributed by atoms with Crippen LogP contribution in [0.25, 0.3) is 0 Å². The number of likely N-dealkylation sites (tertiary alicyclic amines) is 1. The van der Waals surface area contributed by atoms with E-state index >= 15 is 0 Å². The minimum absolute atomic E-state index is 0.124. The van der Waals surface area contributed by atoms with Crippen molar-refractivity contribution in [1.82, 2.24) is 4.90 Å². The second-order valence-corrected chi connectivity index (χ2v) is 9.35. The number of carbonyl (C=O) groups excluding carboxylic acids is 1. The van der Waals surface area contributed by atoms with Gasteiger partial charge in [-0.15, -0.1) is 0 Å². The Hall–Kier alpha value is -1.55. The van der Waals surface area contributed by atoms with Crippen molar-refractivity contribution in [2.75, 3.05) is 25.0 Å². The number of hydrogen-bond donors (Lipinski definition) is 2. The molecular weight excluding hydrogens is 348 g/mol. The number of rotatable bonds is 5. The summed E-state index contributed by atoms with van der Waals surface area (Å²) in [5, 5.41) is 13.8. The van der Waals surface area contributed by atoms with E-state index in [0.717, 1.165) is 24.3 Å². The van der Waals surface area contributed by atoms with E-state index in [1.54, 1.807) is 0 Å². The van der Waals surface area contributed by atoms with Gasteiger partial charge in [0.2, 0.25) is 5.91 Å². The van der Waals surface area contributed by atoms with Gasteiger partial charge in [-0.3, -0.25) is 4.79 Å². The van der Waals surface area contributed by atoms with Gasteiger partial charge in [0.25, 0.3) is 0 Å². The molecule has 0 atom stereocenters. The molecule has 1 aromatic carbocycles. The molecule has 4 rings (SSSR count). The zero-order valence-corrected chi connectivity index (χ0v) is 17.4. The molecule has 0 spiro atoms. The van der Waals surface area contributed by atoms with Crippen molar-refractivity contribution < 1.29 is 9.90 Å². The number of piperidine rings is 1. The van der Waals surface area contributed by atoms with Gasteiger partial charge in [-0.2, -0.15) is 0 Å². The predicted octanol–water partition coefficient (Wildman–Crippen LogP) is 5.38. The van der Waals surface area contributed by atoms with E-state index in [4.69, 9.17) is 0 Å². The second-order valence-electron chi connectivity index (χ2n) is 9.35. The average molecular weight is 385 g/mol. The predicted molar refractivity (Wildman–Crippen MR) is 114 cm³/mol. The average Bonchev–Trinajstić information content (AvgIpc) is 3.38. The van der Waals surface area contributed by atoms with Crippen LogP contribution in [0.15, 0.2) is 12.1 Å². The van der Waals surface area contributed by atoms with Crippen molar-refractivity contribution >= 4 is 11.6 Å². The van der Waals surface area contributed by atoms with Gasteiger partial charge in [0, 0.05) is 19.0 Å². The number of hydrogen-bond acceptors (Lipinski definition) is 3. The zero-order valence-electron chi connectivity index (χ0n) is 17.4. The molecule has 1 heterocycles. The fraction of sp³-hybridized carbons (Fsp3) is 0.708. The number of phenols is 1. The van der Waals surface area contributed by atoms with Gasteiger partial charge >= 0.3 is 0 Å². The zero-order chi connectivity index (χ0) is 19.5. The van der Waals surface area contributed by atoms with Crippen molar-refractivity contribution in [3.63, 3.8) is 0 Å². The van der Waals surface area contributed by atoms with Crippen LogP contribution in [0.5, 0.6) is 5.75 Å². The Labute approximate surface area is 169 Å². The largest absolute Gasteiger partial charge is 0.505 e. The standard InChI is InChI=1S/C24H36N2O2/c1-17(27)25-22-11-10-21(23(24(22)28)20-8-4-5-9-20)19-12-14-26(15-13-19)16-18-6-2-3-7-18/h10-11,18-20,28H,2-9,12-16H2,1H3,(H,25,27). The summed E-state index contributed by atoms with van der Waals surface area (Å²) in [6, 6.07) is 4.10. The molecule has 0 aromatic heterocycles. The van der Waals surface area contributed by atoms with E-state index in [0.29, 0.717) is 23.3 Å². The number of aromatic hydroxyl groups is 1. The summed E-state index contributed by atoms with van der Waals surface area (Å²) in [5.41, 5.74) is 3.06. The van der Waals surface area contributed by atoms with Gasteiger partial charge in [0.1, 0.15) is 5.75 Å². The Kier molecular flexibility index (Phi) is 6.25. The number of phenolic OH excluding ortho intramolecular Hbond substituents is 1. The molecule has 1 amide bonds. The topological polar surface area (TPSA) is 52.6 Å². The summed E-state index contributed by atoms with van der Waals surface area (Å²) in [5.74, 6) is 2.10. The van der Waals surface area contributed by atoms with Gasteiger partial charge in [-0.05, 0) is 81.0 Å². The molecule has 0 unspecified atom stereocenters. The van der Waals surface area contributed by atoms with E-state index in [1.807, 2.05) is 6.07 Å². The van der Waals surface area contributed by atoms with E-state index in [9.17, 15) is 9.90 Å². The molecule has 154 valence electrons. The third-order valence-corrected chi connectivity index (χ3v) is 7.34. The Balaban J connectivity index is 1.50. The third-order valence-electron chi connectivity index (χ3n) is 7.34. The quantitative estimate of drug-likeness (QED) is 0.670. The summed E-state index contributed by atoms with van der Waals surface area (Å²) in [6.45, 7) is 5.15. The van der Waals surface area contributed by atoms with Gasteiger partial charge in [0.15, 0.2) is 0 Å². The number of nitrogens with one attached hydrogen (secondary N) is 1. The lowest BCUT2D eigenvalue weighted by Gasteiger charge is -2.35. The van der Waals surface area contributed by atoms with Gasteiger partial charge < -0.3 is 15.3 Å². The highest BCUT2D eigenvalue weighted by atomic mass is 16.3. The minimum Gasteiger partial charge on any atom is -0.505 e. The van der Waals surface area contributed by atoms with E-state index < -0.39 is 0 Å². The van der Waals surface area contributed by atoms with Crippen LogP contribution in [0.3, 0.4) is 0 Å². The lowest BCUT2D eigenvalue weighted by Crippen LogP contribution is -2.36. The Morgan fingerprint density at radius 1 is 1.00 bits per heavy atom. The maximum Gasteiger partial charge on any atom is 0.221 e. The molecule has 0 bridgehead atoms. The summed E-state index contributed by atoms with van der Waals surface area (Å²) in [6.07, 6.45) is 12.9. The number of nitrogens with zero attached hydrogens (tertiary/aromatic N) is 1. The molecule has 4 nitrogen and oxygen atoms in total. The molecule has 2 aliphatic carbocycles. The molecule has 2 N–H and O–H groups in total. The fourth-order valence-corrected chi connectivity index (χ4v) is 5.90. The van der Waals surface area contributed by atoms with E-state index in [2.05, 4.69) is 16.3 Å². The van der Waals surface area contributed by atoms with Crippen molar-refractivity contribution in [3.05, 3.63) is 23.3 Å². The highest BCUT2D eigenvalue weighted by Gasteiger charge is 2.30. The maximum atomic E-state index is 11.5. The first-order valence-electron chi connectivity index (χ1n) is 11.5. The Bertz CT molecular complexity index is 682. The molecule has 1 saturated heterocycles. The maximum absolute atomic E-state index is 11.5. The lowest BCUT2D eigenvalue weighted by molar-refractivity contribution is -0.114. The number of carbonyl (C=O) groups is 1. The van der Waals surface area contributed by atoms with Crippen LogP contribution in [0.4, 0.5) is 5.69 Å². The van der Waals surface area contributed by atoms with Crippen LogP contribution in [0, 0.1) is 5.92 Å². The van der Waals surface area contributed by atoms with Crippen LogP contribution in [-0.4, -0.2) is 35.5 Å². The van der Waals surface area contributed by atoms with E-state index in [-0.39, 0.29) is 5.91 Å². The van der Waals surface area contributed by atoms with Crippen molar-refractivity contribution in [2.45, 2.75) is 83.0 Å². The van der Waals surface area contributed by atoms with Crippen molar-refractivity contribution in [1.29, 1.82) is 0 Å². The summed E-state index contributed by atoms with van der Waals surface area (Å²) in [4.78, 5) is 14.2. The third kappa shape index (κ3) is 4.37. The van der Waals surface area contributed by atoms with Gasteiger partial charge in [0.05, 0.1) is 5.69 Å². The molecule has 1 aromatic rings. The minimum atomic E-state index is -0.124. The molecule has 3 aliphatic rings. The Morgan fingerprint density at radius 2 is 1.64 bits per heavy atom. The SMILES string of the molecule is CC(=O)Nc1ccc(C2CCN(CC3CCCC3)CC2)c(C2CCCC2)c1O. The van der Waals surface area contributed by atoms with Gasteiger partial charge in [-0.1, -0.05) is 31.7 Å². The number of anilines is 1. The number of benzene rings is 1. The molecule has 0 radical (unpaired) electrons. The monoisotopic (exact) mass is 384 g/mol. The van der Waals surface area contributed by atoms with Crippen LogP contribution in [0.2, 0.25) is 0 Å². The van der Waals surface area contributed by atoms with Crippen molar-refractivity contribution in [3.8, 4) is 5.75 Å². The van der Waals surface area contributed by atoms with Crippen LogP contribution >= 0.6 is 0 Å². The first kappa shape index (κ1) is 19.8.